The maximum absolute atomic E-state index is 11.8. The fourth-order valence-electron chi connectivity index (χ4n) is 3.13. The summed E-state index contributed by atoms with van der Waals surface area (Å²) in [6.07, 6.45) is 1.67. The number of guanidine groups is 1. The van der Waals surface area contributed by atoms with E-state index in [-0.39, 0.29) is 5.91 Å². The number of aromatic nitrogens is 1. The molecule has 0 atom stereocenters. The van der Waals surface area contributed by atoms with Gasteiger partial charge in [-0.05, 0) is 38.3 Å². The van der Waals surface area contributed by atoms with Gasteiger partial charge >= 0.3 is 0 Å². The molecule has 1 aromatic heterocycles. The van der Waals surface area contributed by atoms with Crippen LogP contribution in [0.2, 0.25) is 0 Å². The summed E-state index contributed by atoms with van der Waals surface area (Å²) >= 11 is 1.72. The lowest BCUT2D eigenvalue weighted by Gasteiger charge is -2.15. The highest BCUT2D eigenvalue weighted by Gasteiger charge is 2.19. The number of nitrogens with one attached hydrogen (secondary N) is 2. The van der Waals surface area contributed by atoms with Crippen molar-refractivity contribution in [3.05, 3.63) is 51.0 Å². The highest BCUT2D eigenvalue weighted by molar-refractivity contribution is 7.11. The summed E-state index contributed by atoms with van der Waals surface area (Å²) in [5, 5.41) is 7.71. The molecule has 1 fully saturated rings. The predicted molar refractivity (Wildman–Crippen MR) is 114 cm³/mol. The van der Waals surface area contributed by atoms with E-state index in [1.54, 1.807) is 11.3 Å². The first-order chi connectivity index (χ1) is 13.5. The van der Waals surface area contributed by atoms with Crippen LogP contribution >= 0.6 is 11.3 Å². The minimum absolute atomic E-state index is 0.264. The molecule has 0 unspecified atom stereocenters. The molecular formula is C21H29N5OS. The van der Waals surface area contributed by atoms with Crippen LogP contribution in [0, 0.1) is 13.8 Å². The Hall–Kier alpha value is -2.41. The molecule has 2 N–H and O–H groups in total. The average Bonchev–Trinajstić information content (AvgIpc) is 3.23. The maximum atomic E-state index is 11.8. The van der Waals surface area contributed by atoms with Crippen molar-refractivity contribution in [3.8, 4) is 0 Å². The van der Waals surface area contributed by atoms with Crippen molar-refractivity contribution in [2.45, 2.75) is 53.2 Å². The summed E-state index contributed by atoms with van der Waals surface area (Å²) in [7, 11) is 0. The van der Waals surface area contributed by atoms with Gasteiger partial charge in [-0.3, -0.25) is 4.79 Å². The molecular weight excluding hydrogens is 370 g/mol. The molecule has 150 valence electrons. The van der Waals surface area contributed by atoms with Gasteiger partial charge in [0, 0.05) is 30.9 Å². The van der Waals surface area contributed by atoms with Crippen LogP contribution in [0.4, 0.5) is 0 Å². The molecule has 1 aliphatic rings. The van der Waals surface area contributed by atoms with Crippen molar-refractivity contribution in [2.24, 2.45) is 4.99 Å². The van der Waals surface area contributed by atoms with Crippen molar-refractivity contribution >= 4 is 23.2 Å². The monoisotopic (exact) mass is 399 g/mol. The third kappa shape index (κ3) is 5.55. The number of hydrogen-bond acceptors (Lipinski definition) is 4. The Kier molecular flexibility index (Phi) is 7.03. The van der Waals surface area contributed by atoms with Crippen LogP contribution in [0.3, 0.4) is 0 Å². The van der Waals surface area contributed by atoms with Crippen LogP contribution in [0.5, 0.6) is 0 Å². The van der Waals surface area contributed by atoms with Crippen LogP contribution in [0.15, 0.2) is 29.3 Å². The normalized spacial score (nSPS) is 14.6. The molecule has 6 nitrogen and oxygen atoms in total. The summed E-state index contributed by atoms with van der Waals surface area (Å²) in [4.78, 5) is 24.2. The maximum Gasteiger partial charge on any atom is 0.222 e. The molecule has 0 radical (unpaired) electrons. The van der Waals surface area contributed by atoms with E-state index in [2.05, 4.69) is 58.7 Å². The summed E-state index contributed by atoms with van der Waals surface area (Å²) in [6, 6.07) is 8.38. The van der Waals surface area contributed by atoms with Crippen molar-refractivity contribution in [2.75, 3.05) is 13.1 Å². The Bertz CT molecular complexity index is 808. The van der Waals surface area contributed by atoms with Gasteiger partial charge in [-0.25, -0.2) is 9.98 Å². The smallest absolute Gasteiger partial charge is 0.222 e. The highest BCUT2D eigenvalue weighted by atomic mass is 32.1. The first kappa shape index (κ1) is 20.3. The summed E-state index contributed by atoms with van der Waals surface area (Å²) in [5.74, 6) is 1.06. The van der Waals surface area contributed by atoms with E-state index in [9.17, 15) is 4.79 Å². The number of rotatable bonds is 7. The van der Waals surface area contributed by atoms with Crippen molar-refractivity contribution in [1.82, 2.24) is 20.5 Å². The minimum atomic E-state index is 0.264. The van der Waals surface area contributed by atoms with Crippen LogP contribution in [0.1, 0.15) is 46.5 Å². The molecule has 28 heavy (non-hydrogen) atoms. The quantitative estimate of drug-likeness (QED) is 0.554. The molecule has 3 rings (SSSR count). The lowest BCUT2D eigenvalue weighted by molar-refractivity contribution is -0.128. The second-order valence-electron chi connectivity index (χ2n) is 7.03. The van der Waals surface area contributed by atoms with Crippen molar-refractivity contribution in [3.63, 3.8) is 0 Å². The Morgan fingerprint density at radius 3 is 2.57 bits per heavy atom. The first-order valence-electron chi connectivity index (χ1n) is 9.86. The molecule has 1 saturated heterocycles. The molecule has 2 heterocycles. The van der Waals surface area contributed by atoms with Gasteiger partial charge in [0.2, 0.25) is 5.91 Å². The fraction of sp³-hybridized carbons (Fsp3) is 0.476. The highest BCUT2D eigenvalue weighted by Crippen LogP contribution is 2.16. The van der Waals surface area contributed by atoms with Crippen LogP contribution in [-0.4, -0.2) is 34.8 Å². The van der Waals surface area contributed by atoms with Crippen molar-refractivity contribution < 1.29 is 4.79 Å². The number of benzene rings is 1. The molecule has 2 aromatic rings. The largest absolute Gasteiger partial charge is 0.357 e. The van der Waals surface area contributed by atoms with Gasteiger partial charge in [0.1, 0.15) is 5.01 Å². The van der Waals surface area contributed by atoms with E-state index in [1.165, 1.54) is 10.4 Å². The first-order valence-corrected chi connectivity index (χ1v) is 10.7. The zero-order valence-corrected chi connectivity index (χ0v) is 17.7. The number of nitrogens with zero attached hydrogens (tertiary/aromatic N) is 3. The summed E-state index contributed by atoms with van der Waals surface area (Å²) in [6.45, 7) is 9.87. The number of amides is 1. The second kappa shape index (κ2) is 9.68. The number of thiazole rings is 1. The summed E-state index contributed by atoms with van der Waals surface area (Å²) < 4.78 is 0. The van der Waals surface area contributed by atoms with Gasteiger partial charge in [-0.15, -0.1) is 11.3 Å². The molecule has 0 bridgehead atoms. The lowest BCUT2D eigenvalue weighted by Crippen LogP contribution is -2.36. The topological polar surface area (TPSA) is 69.6 Å². The minimum Gasteiger partial charge on any atom is -0.357 e. The molecule has 1 aliphatic heterocycles. The standard InChI is InChI=1S/C21H29N5OS/c1-4-22-21(24-13-19-25-15(2)16(3)28-19)23-12-17-7-9-18(10-8-17)14-26-11-5-6-20(26)27/h7-10H,4-6,11-14H2,1-3H3,(H2,22,23,24). The van der Waals surface area contributed by atoms with E-state index in [0.29, 0.717) is 26.1 Å². The molecule has 0 aliphatic carbocycles. The van der Waals surface area contributed by atoms with Gasteiger partial charge in [0.15, 0.2) is 5.96 Å². The number of hydrogen-bond donors (Lipinski definition) is 2. The molecule has 1 amide bonds. The molecule has 7 heteroatoms. The van der Waals surface area contributed by atoms with E-state index in [1.807, 2.05) is 11.8 Å². The Morgan fingerprint density at radius 1 is 1.21 bits per heavy atom. The van der Waals surface area contributed by atoms with Gasteiger partial charge < -0.3 is 15.5 Å². The summed E-state index contributed by atoms with van der Waals surface area (Å²) in [5.41, 5.74) is 3.41. The number of carbonyl (C=O) groups excluding carboxylic acids is 1. The van der Waals surface area contributed by atoms with E-state index >= 15 is 0 Å². The van der Waals surface area contributed by atoms with E-state index in [4.69, 9.17) is 0 Å². The van der Waals surface area contributed by atoms with Gasteiger partial charge in [-0.1, -0.05) is 24.3 Å². The van der Waals surface area contributed by atoms with Crippen LogP contribution < -0.4 is 10.6 Å². The fourth-order valence-corrected chi connectivity index (χ4v) is 4.00. The predicted octanol–water partition coefficient (Wildman–Crippen LogP) is 3.14. The molecule has 0 spiro atoms. The molecule has 0 saturated carbocycles. The number of likely N-dealkylation sites (tertiary alicyclic amines) is 1. The van der Waals surface area contributed by atoms with E-state index in [0.717, 1.165) is 41.7 Å². The van der Waals surface area contributed by atoms with Gasteiger partial charge in [0.25, 0.3) is 0 Å². The van der Waals surface area contributed by atoms with Crippen LogP contribution in [-0.2, 0) is 24.4 Å². The zero-order chi connectivity index (χ0) is 19.9. The third-order valence-electron chi connectivity index (χ3n) is 4.81. The Labute approximate surface area is 171 Å². The second-order valence-corrected chi connectivity index (χ2v) is 8.32. The van der Waals surface area contributed by atoms with Crippen molar-refractivity contribution in [1.29, 1.82) is 0 Å². The Balaban J connectivity index is 1.55. The van der Waals surface area contributed by atoms with Gasteiger partial charge in [-0.2, -0.15) is 0 Å². The number of carbonyl (C=O) groups is 1. The lowest BCUT2D eigenvalue weighted by atomic mass is 10.1. The van der Waals surface area contributed by atoms with Gasteiger partial charge in [0.05, 0.1) is 18.8 Å². The van der Waals surface area contributed by atoms with Crippen LogP contribution in [0.25, 0.3) is 0 Å². The number of aryl methyl sites for hydroxylation is 2. The Morgan fingerprint density at radius 2 is 1.96 bits per heavy atom. The zero-order valence-electron chi connectivity index (χ0n) is 16.9. The SMILES string of the molecule is CCNC(=NCc1ccc(CN2CCCC2=O)cc1)NCc1nc(C)c(C)s1. The third-order valence-corrected chi connectivity index (χ3v) is 5.88. The number of aliphatic imine (C=N–C) groups is 1. The average molecular weight is 400 g/mol. The molecule has 1 aromatic carbocycles. The van der Waals surface area contributed by atoms with E-state index < -0.39 is 0 Å².